The molecule has 2 aromatic carbocycles. The SMILES string of the molecule is CCC1(CNCc2ccc(OC)c3ccccc23)CCC1. The summed E-state index contributed by atoms with van der Waals surface area (Å²) < 4.78 is 5.46. The molecule has 1 aliphatic carbocycles. The molecule has 0 atom stereocenters. The van der Waals surface area contributed by atoms with E-state index in [4.69, 9.17) is 4.74 Å². The van der Waals surface area contributed by atoms with Gasteiger partial charge in [0.2, 0.25) is 0 Å². The molecular formula is C19H25NO. The predicted octanol–water partition coefficient (Wildman–Crippen LogP) is 4.52. The van der Waals surface area contributed by atoms with Crippen LogP contribution in [0.2, 0.25) is 0 Å². The minimum atomic E-state index is 0.572. The molecule has 0 saturated heterocycles. The van der Waals surface area contributed by atoms with Crippen molar-refractivity contribution in [3.05, 3.63) is 42.0 Å². The van der Waals surface area contributed by atoms with Gasteiger partial charge in [-0.2, -0.15) is 0 Å². The fraction of sp³-hybridized carbons (Fsp3) is 0.474. The molecule has 0 spiro atoms. The zero-order chi connectivity index (χ0) is 14.7. The Balaban J connectivity index is 1.75. The molecule has 21 heavy (non-hydrogen) atoms. The van der Waals surface area contributed by atoms with Gasteiger partial charge in [0.1, 0.15) is 5.75 Å². The first-order chi connectivity index (χ1) is 10.3. The highest BCUT2D eigenvalue weighted by atomic mass is 16.5. The Kier molecular flexibility index (Phi) is 4.16. The Morgan fingerprint density at radius 2 is 1.86 bits per heavy atom. The van der Waals surface area contributed by atoms with Gasteiger partial charge in [0.25, 0.3) is 0 Å². The molecule has 112 valence electrons. The van der Waals surface area contributed by atoms with Crippen LogP contribution in [0.25, 0.3) is 10.8 Å². The quantitative estimate of drug-likeness (QED) is 0.841. The highest BCUT2D eigenvalue weighted by molar-refractivity contribution is 5.91. The Morgan fingerprint density at radius 3 is 2.48 bits per heavy atom. The van der Waals surface area contributed by atoms with E-state index in [-0.39, 0.29) is 0 Å². The van der Waals surface area contributed by atoms with Gasteiger partial charge in [0.15, 0.2) is 0 Å². The van der Waals surface area contributed by atoms with Gasteiger partial charge in [-0.3, -0.25) is 0 Å². The topological polar surface area (TPSA) is 21.3 Å². The standard InChI is InChI=1S/C19H25NO/c1-3-19(11-6-12-19)14-20-13-15-9-10-18(21-2)17-8-5-4-7-16(15)17/h4-5,7-10,20H,3,6,11-14H2,1-2H3. The maximum Gasteiger partial charge on any atom is 0.126 e. The number of hydrogen-bond acceptors (Lipinski definition) is 2. The minimum Gasteiger partial charge on any atom is -0.496 e. The van der Waals surface area contributed by atoms with Gasteiger partial charge in [-0.05, 0) is 41.7 Å². The number of nitrogens with one attached hydrogen (secondary N) is 1. The molecule has 0 heterocycles. The molecule has 2 heteroatoms. The summed E-state index contributed by atoms with van der Waals surface area (Å²) in [4.78, 5) is 0. The van der Waals surface area contributed by atoms with Gasteiger partial charge in [-0.25, -0.2) is 0 Å². The number of benzene rings is 2. The van der Waals surface area contributed by atoms with Crippen LogP contribution in [-0.2, 0) is 6.54 Å². The maximum atomic E-state index is 5.46. The van der Waals surface area contributed by atoms with Crippen LogP contribution in [0.1, 0.15) is 38.2 Å². The highest BCUT2D eigenvalue weighted by Crippen LogP contribution is 2.43. The van der Waals surface area contributed by atoms with Crippen molar-refractivity contribution in [1.82, 2.24) is 5.32 Å². The van der Waals surface area contributed by atoms with Gasteiger partial charge in [-0.1, -0.05) is 43.7 Å². The van der Waals surface area contributed by atoms with Crippen LogP contribution >= 0.6 is 0 Å². The molecule has 0 unspecified atom stereocenters. The van der Waals surface area contributed by atoms with Gasteiger partial charge in [-0.15, -0.1) is 0 Å². The summed E-state index contributed by atoms with van der Waals surface area (Å²) in [5, 5.41) is 6.18. The number of methoxy groups -OCH3 is 1. The summed E-state index contributed by atoms with van der Waals surface area (Å²) in [5.74, 6) is 0.957. The lowest BCUT2D eigenvalue weighted by molar-refractivity contribution is 0.124. The molecule has 1 aliphatic rings. The maximum absolute atomic E-state index is 5.46. The fourth-order valence-corrected chi connectivity index (χ4v) is 3.46. The third-order valence-corrected chi connectivity index (χ3v) is 5.17. The zero-order valence-electron chi connectivity index (χ0n) is 13.1. The average Bonchev–Trinajstić information content (AvgIpc) is 2.50. The van der Waals surface area contributed by atoms with E-state index in [1.807, 2.05) is 0 Å². The Morgan fingerprint density at radius 1 is 1.10 bits per heavy atom. The summed E-state index contributed by atoms with van der Waals surface area (Å²) in [6, 6.07) is 12.8. The Hall–Kier alpha value is -1.54. The van der Waals surface area contributed by atoms with Gasteiger partial charge in [0.05, 0.1) is 7.11 Å². The van der Waals surface area contributed by atoms with Crippen molar-refractivity contribution in [3.63, 3.8) is 0 Å². The second-order valence-electron chi connectivity index (χ2n) is 6.28. The molecule has 0 radical (unpaired) electrons. The van der Waals surface area contributed by atoms with E-state index in [1.165, 1.54) is 42.0 Å². The summed E-state index contributed by atoms with van der Waals surface area (Å²) >= 11 is 0. The summed E-state index contributed by atoms with van der Waals surface area (Å²) in [5.41, 5.74) is 1.93. The molecular weight excluding hydrogens is 258 g/mol. The van der Waals surface area contributed by atoms with Crippen molar-refractivity contribution in [2.75, 3.05) is 13.7 Å². The molecule has 3 rings (SSSR count). The number of hydrogen-bond donors (Lipinski definition) is 1. The van der Waals surface area contributed by atoms with Gasteiger partial charge < -0.3 is 10.1 Å². The lowest BCUT2D eigenvalue weighted by atomic mass is 9.67. The fourth-order valence-electron chi connectivity index (χ4n) is 3.46. The number of fused-ring (bicyclic) bond motifs is 1. The van der Waals surface area contributed by atoms with Crippen molar-refractivity contribution in [1.29, 1.82) is 0 Å². The van der Waals surface area contributed by atoms with Crippen LogP contribution < -0.4 is 10.1 Å². The number of ether oxygens (including phenoxy) is 1. The summed E-state index contributed by atoms with van der Waals surface area (Å²) in [6.07, 6.45) is 5.48. The first-order valence-electron chi connectivity index (χ1n) is 8.03. The molecule has 2 aromatic rings. The third-order valence-electron chi connectivity index (χ3n) is 5.17. The van der Waals surface area contributed by atoms with E-state index in [1.54, 1.807) is 7.11 Å². The lowest BCUT2D eigenvalue weighted by Gasteiger charge is -2.41. The van der Waals surface area contributed by atoms with Crippen molar-refractivity contribution in [2.24, 2.45) is 5.41 Å². The highest BCUT2D eigenvalue weighted by Gasteiger charge is 2.34. The first kappa shape index (κ1) is 14.4. The monoisotopic (exact) mass is 283 g/mol. The normalized spacial score (nSPS) is 16.7. The zero-order valence-corrected chi connectivity index (χ0v) is 13.1. The smallest absolute Gasteiger partial charge is 0.126 e. The molecule has 0 aliphatic heterocycles. The molecule has 0 aromatic heterocycles. The summed E-state index contributed by atoms with van der Waals surface area (Å²) in [7, 11) is 1.74. The van der Waals surface area contributed by atoms with E-state index in [0.717, 1.165) is 18.8 Å². The summed E-state index contributed by atoms with van der Waals surface area (Å²) in [6.45, 7) is 4.40. The molecule has 2 nitrogen and oxygen atoms in total. The largest absolute Gasteiger partial charge is 0.496 e. The third kappa shape index (κ3) is 2.77. The Bertz CT molecular complexity index is 610. The average molecular weight is 283 g/mol. The molecule has 0 amide bonds. The van der Waals surface area contributed by atoms with Crippen LogP contribution in [-0.4, -0.2) is 13.7 Å². The van der Waals surface area contributed by atoms with Crippen molar-refractivity contribution in [3.8, 4) is 5.75 Å². The van der Waals surface area contributed by atoms with Crippen LogP contribution in [0.5, 0.6) is 5.75 Å². The van der Waals surface area contributed by atoms with Crippen molar-refractivity contribution < 1.29 is 4.74 Å². The lowest BCUT2D eigenvalue weighted by Crippen LogP contribution is -2.39. The minimum absolute atomic E-state index is 0.572. The predicted molar refractivity (Wildman–Crippen MR) is 88.8 cm³/mol. The molecule has 1 N–H and O–H groups in total. The van der Waals surface area contributed by atoms with E-state index in [2.05, 4.69) is 48.6 Å². The second-order valence-corrected chi connectivity index (χ2v) is 6.28. The van der Waals surface area contributed by atoms with E-state index < -0.39 is 0 Å². The number of rotatable bonds is 6. The van der Waals surface area contributed by atoms with E-state index >= 15 is 0 Å². The van der Waals surface area contributed by atoms with Gasteiger partial charge >= 0.3 is 0 Å². The van der Waals surface area contributed by atoms with Crippen LogP contribution in [0.4, 0.5) is 0 Å². The van der Waals surface area contributed by atoms with Crippen LogP contribution in [0, 0.1) is 5.41 Å². The van der Waals surface area contributed by atoms with Crippen LogP contribution in [0.3, 0.4) is 0 Å². The van der Waals surface area contributed by atoms with Crippen molar-refractivity contribution in [2.45, 2.75) is 39.2 Å². The molecule has 1 fully saturated rings. The van der Waals surface area contributed by atoms with E-state index in [9.17, 15) is 0 Å². The van der Waals surface area contributed by atoms with Crippen LogP contribution in [0.15, 0.2) is 36.4 Å². The Labute approximate surface area is 127 Å². The first-order valence-corrected chi connectivity index (χ1v) is 8.03. The molecule has 1 saturated carbocycles. The van der Waals surface area contributed by atoms with Gasteiger partial charge in [0, 0.05) is 18.5 Å². The van der Waals surface area contributed by atoms with E-state index in [0.29, 0.717) is 5.41 Å². The second kappa shape index (κ2) is 6.07. The molecule has 0 bridgehead atoms. The van der Waals surface area contributed by atoms with Crippen molar-refractivity contribution >= 4 is 10.8 Å².